The smallest absolute Gasteiger partial charge is 0.254 e. The number of nitrogens with one attached hydrogen (secondary N) is 1. The minimum atomic E-state index is -0.0836. The van der Waals surface area contributed by atoms with Crippen molar-refractivity contribution in [1.29, 1.82) is 0 Å². The molecule has 0 radical (unpaired) electrons. The van der Waals surface area contributed by atoms with E-state index in [1.807, 2.05) is 0 Å². The molecule has 1 aliphatic rings. The molecule has 0 amide bonds. The van der Waals surface area contributed by atoms with Gasteiger partial charge in [-0.05, 0) is 31.7 Å². The van der Waals surface area contributed by atoms with Crippen molar-refractivity contribution in [1.82, 2.24) is 15.0 Å². The quantitative estimate of drug-likeness (QED) is 0.821. The molecule has 0 fully saturated rings. The Hall–Kier alpha value is -1.39. The molecule has 0 saturated heterocycles. The molecule has 3 rings (SSSR count). The normalized spacial score (nSPS) is 14.7. The fourth-order valence-electron chi connectivity index (χ4n) is 2.48. The number of aromatic amines is 1. The molecule has 0 unspecified atom stereocenters. The first kappa shape index (κ1) is 13.6. The van der Waals surface area contributed by atoms with Gasteiger partial charge >= 0.3 is 0 Å². The van der Waals surface area contributed by atoms with Gasteiger partial charge in [0.15, 0.2) is 5.82 Å². The number of H-pyrrole nitrogens is 1. The fraction of sp³-hybridized carbons (Fsp3) is 0.357. The largest absolute Gasteiger partial charge is 0.305 e. The summed E-state index contributed by atoms with van der Waals surface area (Å²) in [5.41, 5.74) is 2.05. The molecule has 104 valence electrons. The molecule has 0 aromatic carbocycles. The van der Waals surface area contributed by atoms with E-state index in [0.29, 0.717) is 21.6 Å². The van der Waals surface area contributed by atoms with Gasteiger partial charge in [0.2, 0.25) is 0 Å². The zero-order chi connectivity index (χ0) is 14.1. The van der Waals surface area contributed by atoms with E-state index in [2.05, 4.69) is 15.0 Å². The summed E-state index contributed by atoms with van der Waals surface area (Å²) in [5, 5.41) is 0.838. The SMILES string of the molecule is O=c1[nH]c(-c2ncc(Cl)cc2Cl)nc2c1CCCCC2. The minimum Gasteiger partial charge on any atom is -0.305 e. The molecule has 6 heteroatoms. The monoisotopic (exact) mass is 309 g/mol. The highest BCUT2D eigenvalue weighted by atomic mass is 35.5. The van der Waals surface area contributed by atoms with Crippen LogP contribution in [-0.2, 0) is 12.8 Å². The fourth-order valence-corrected chi connectivity index (χ4v) is 2.95. The van der Waals surface area contributed by atoms with Crippen LogP contribution in [0, 0.1) is 0 Å². The maximum Gasteiger partial charge on any atom is 0.254 e. The van der Waals surface area contributed by atoms with Crippen LogP contribution in [0.1, 0.15) is 30.5 Å². The zero-order valence-corrected chi connectivity index (χ0v) is 12.3. The van der Waals surface area contributed by atoms with Crippen molar-refractivity contribution in [3.05, 3.63) is 43.9 Å². The van der Waals surface area contributed by atoms with Crippen LogP contribution in [0.4, 0.5) is 0 Å². The Morgan fingerprint density at radius 3 is 2.75 bits per heavy atom. The molecular weight excluding hydrogens is 297 g/mol. The molecule has 0 atom stereocenters. The summed E-state index contributed by atoms with van der Waals surface area (Å²) >= 11 is 12.0. The Bertz CT molecular complexity index is 712. The van der Waals surface area contributed by atoms with Gasteiger partial charge in [0, 0.05) is 11.8 Å². The lowest BCUT2D eigenvalue weighted by Gasteiger charge is -2.08. The Labute approximate surface area is 126 Å². The number of aromatic nitrogens is 3. The third kappa shape index (κ3) is 2.58. The van der Waals surface area contributed by atoms with Gasteiger partial charge in [-0.15, -0.1) is 0 Å². The zero-order valence-electron chi connectivity index (χ0n) is 10.7. The molecule has 1 N–H and O–H groups in total. The van der Waals surface area contributed by atoms with Crippen molar-refractivity contribution >= 4 is 23.2 Å². The lowest BCUT2D eigenvalue weighted by Crippen LogP contribution is -2.18. The third-order valence-corrected chi connectivity index (χ3v) is 3.97. The first-order valence-corrected chi connectivity index (χ1v) is 7.34. The number of hydrogen-bond donors (Lipinski definition) is 1. The van der Waals surface area contributed by atoms with Gasteiger partial charge in [0.05, 0.1) is 15.7 Å². The Morgan fingerprint density at radius 1 is 1.15 bits per heavy atom. The highest BCUT2D eigenvalue weighted by molar-refractivity contribution is 6.35. The van der Waals surface area contributed by atoms with Crippen LogP contribution in [-0.4, -0.2) is 15.0 Å². The second kappa shape index (κ2) is 5.54. The number of halogens is 2. The van der Waals surface area contributed by atoms with Crippen molar-refractivity contribution in [3.63, 3.8) is 0 Å². The van der Waals surface area contributed by atoms with Gasteiger partial charge in [-0.1, -0.05) is 29.6 Å². The highest BCUT2D eigenvalue weighted by Crippen LogP contribution is 2.26. The van der Waals surface area contributed by atoms with Crippen LogP contribution in [0.3, 0.4) is 0 Å². The van der Waals surface area contributed by atoms with Crippen LogP contribution in [0.5, 0.6) is 0 Å². The molecule has 4 nitrogen and oxygen atoms in total. The summed E-state index contributed by atoms with van der Waals surface area (Å²) in [5.74, 6) is 0.414. The van der Waals surface area contributed by atoms with Crippen molar-refractivity contribution in [3.8, 4) is 11.5 Å². The lowest BCUT2D eigenvalue weighted by atomic mass is 10.1. The van der Waals surface area contributed by atoms with E-state index in [9.17, 15) is 4.79 Å². The van der Waals surface area contributed by atoms with Gasteiger partial charge in [-0.2, -0.15) is 0 Å². The van der Waals surface area contributed by atoms with Gasteiger partial charge in [-0.25, -0.2) is 9.97 Å². The van der Waals surface area contributed by atoms with Gasteiger partial charge in [-0.3, -0.25) is 4.79 Å². The molecule has 20 heavy (non-hydrogen) atoms. The summed E-state index contributed by atoms with van der Waals surface area (Å²) < 4.78 is 0. The molecule has 0 aliphatic heterocycles. The molecule has 2 aromatic heterocycles. The van der Waals surface area contributed by atoms with E-state index in [1.165, 1.54) is 6.20 Å². The lowest BCUT2D eigenvalue weighted by molar-refractivity contribution is 0.708. The molecule has 0 spiro atoms. The maximum absolute atomic E-state index is 12.2. The summed E-state index contributed by atoms with van der Waals surface area (Å²) in [6, 6.07) is 1.59. The standard InChI is InChI=1S/C14H13Cl2N3O/c15-8-6-10(16)12(17-7-8)13-18-11-5-3-1-2-4-9(11)14(20)19-13/h6-7H,1-5H2,(H,18,19,20). The van der Waals surface area contributed by atoms with E-state index in [1.54, 1.807) is 6.07 Å². The number of pyridine rings is 1. The summed E-state index contributed by atoms with van der Waals surface area (Å²) in [7, 11) is 0. The maximum atomic E-state index is 12.2. The predicted molar refractivity (Wildman–Crippen MR) is 79.4 cm³/mol. The first-order valence-electron chi connectivity index (χ1n) is 6.58. The van der Waals surface area contributed by atoms with E-state index in [0.717, 1.165) is 43.4 Å². The Morgan fingerprint density at radius 2 is 1.95 bits per heavy atom. The van der Waals surface area contributed by atoms with Crippen LogP contribution in [0.2, 0.25) is 10.0 Å². The third-order valence-electron chi connectivity index (χ3n) is 3.47. The van der Waals surface area contributed by atoms with E-state index in [4.69, 9.17) is 23.2 Å². The van der Waals surface area contributed by atoms with Crippen LogP contribution in [0.15, 0.2) is 17.1 Å². The molecule has 2 heterocycles. The summed E-state index contributed by atoms with van der Waals surface area (Å²) in [6.07, 6.45) is 6.35. The average molecular weight is 310 g/mol. The van der Waals surface area contributed by atoms with Crippen LogP contribution < -0.4 is 5.56 Å². The van der Waals surface area contributed by atoms with Crippen molar-refractivity contribution in [2.24, 2.45) is 0 Å². The molecule has 0 bridgehead atoms. The number of rotatable bonds is 1. The van der Waals surface area contributed by atoms with Gasteiger partial charge in [0.25, 0.3) is 5.56 Å². The summed E-state index contributed by atoms with van der Waals surface area (Å²) in [4.78, 5) is 23.7. The summed E-state index contributed by atoms with van der Waals surface area (Å²) in [6.45, 7) is 0. The van der Waals surface area contributed by atoms with E-state index < -0.39 is 0 Å². The number of fused-ring (bicyclic) bond motifs is 1. The first-order chi connectivity index (χ1) is 9.65. The Kier molecular flexibility index (Phi) is 3.76. The van der Waals surface area contributed by atoms with E-state index in [-0.39, 0.29) is 5.56 Å². The second-order valence-corrected chi connectivity index (χ2v) is 5.73. The molecule has 0 saturated carbocycles. The van der Waals surface area contributed by atoms with Crippen LogP contribution in [0.25, 0.3) is 11.5 Å². The molecule has 2 aromatic rings. The average Bonchev–Trinajstić information content (AvgIpc) is 2.64. The number of hydrogen-bond acceptors (Lipinski definition) is 3. The highest BCUT2D eigenvalue weighted by Gasteiger charge is 2.17. The van der Waals surface area contributed by atoms with Gasteiger partial charge in [0.1, 0.15) is 5.69 Å². The number of nitrogens with zero attached hydrogens (tertiary/aromatic N) is 2. The topological polar surface area (TPSA) is 58.6 Å². The van der Waals surface area contributed by atoms with Gasteiger partial charge < -0.3 is 4.98 Å². The van der Waals surface area contributed by atoms with Crippen molar-refractivity contribution < 1.29 is 0 Å². The predicted octanol–water partition coefficient (Wildman–Crippen LogP) is 3.41. The van der Waals surface area contributed by atoms with Crippen molar-refractivity contribution in [2.45, 2.75) is 32.1 Å². The molecular formula is C14H13Cl2N3O. The number of aryl methyl sites for hydroxylation is 1. The molecule has 1 aliphatic carbocycles. The second-order valence-electron chi connectivity index (χ2n) is 4.88. The Balaban J connectivity index is 2.13. The van der Waals surface area contributed by atoms with Crippen molar-refractivity contribution in [2.75, 3.05) is 0 Å². The van der Waals surface area contributed by atoms with Crippen LogP contribution >= 0.6 is 23.2 Å². The minimum absolute atomic E-state index is 0.0836. The van der Waals surface area contributed by atoms with E-state index >= 15 is 0 Å².